The van der Waals surface area contributed by atoms with E-state index in [4.69, 9.17) is 0 Å². The number of hydrogen-bond acceptors (Lipinski definition) is 3. The van der Waals surface area contributed by atoms with Crippen LogP contribution in [0.3, 0.4) is 0 Å². The van der Waals surface area contributed by atoms with Gasteiger partial charge in [-0.05, 0) is 25.5 Å². The summed E-state index contributed by atoms with van der Waals surface area (Å²) in [4.78, 5) is 25.0. The average molecular weight is 277 g/mol. The van der Waals surface area contributed by atoms with Crippen molar-refractivity contribution in [2.45, 2.75) is 18.9 Å². The molecule has 1 aromatic carbocycles. The summed E-state index contributed by atoms with van der Waals surface area (Å²) in [6.07, 6.45) is 0.564. The number of β-amino-alcohol motifs (C(OH)–C–C–N with tert-alkyl or cyclic N) is 1. The SMILES string of the molecule is CC1(O)CCN(C(=O)CNC(=O)Nc2ccccc2)C1. The zero-order valence-electron chi connectivity index (χ0n) is 11.4. The molecule has 0 spiro atoms. The lowest BCUT2D eigenvalue weighted by Crippen LogP contribution is -2.42. The Bertz CT molecular complexity index is 488. The lowest BCUT2D eigenvalue weighted by atomic mass is 10.1. The minimum absolute atomic E-state index is 0.0747. The van der Waals surface area contributed by atoms with Crippen molar-refractivity contribution in [3.05, 3.63) is 30.3 Å². The number of benzene rings is 1. The summed E-state index contributed by atoms with van der Waals surface area (Å²) in [7, 11) is 0. The molecule has 1 aromatic rings. The van der Waals surface area contributed by atoms with Gasteiger partial charge in [-0.25, -0.2) is 4.79 Å². The molecule has 2 rings (SSSR count). The standard InChI is InChI=1S/C14H19N3O3/c1-14(20)7-8-17(10-14)12(18)9-15-13(19)16-11-5-3-2-4-6-11/h2-6,20H,7-10H2,1H3,(H2,15,16,19). The number of urea groups is 1. The Balaban J connectivity index is 1.75. The van der Waals surface area contributed by atoms with Crippen molar-refractivity contribution < 1.29 is 14.7 Å². The number of carbonyl (C=O) groups excluding carboxylic acids is 2. The molecule has 6 nitrogen and oxygen atoms in total. The maximum atomic E-state index is 11.9. The van der Waals surface area contributed by atoms with Crippen LogP contribution >= 0.6 is 0 Å². The van der Waals surface area contributed by atoms with Gasteiger partial charge in [-0.2, -0.15) is 0 Å². The molecule has 1 aliphatic heterocycles. The molecule has 1 heterocycles. The van der Waals surface area contributed by atoms with Crippen LogP contribution in [0.1, 0.15) is 13.3 Å². The molecule has 1 fully saturated rings. The first-order valence-electron chi connectivity index (χ1n) is 6.56. The predicted molar refractivity (Wildman–Crippen MR) is 75.3 cm³/mol. The van der Waals surface area contributed by atoms with Crippen LogP contribution in [0.4, 0.5) is 10.5 Å². The number of aliphatic hydroxyl groups is 1. The van der Waals surface area contributed by atoms with Gasteiger partial charge in [0.05, 0.1) is 12.1 Å². The first-order valence-corrected chi connectivity index (χ1v) is 6.56. The van der Waals surface area contributed by atoms with E-state index in [1.807, 2.05) is 18.2 Å². The van der Waals surface area contributed by atoms with Gasteiger partial charge in [0.1, 0.15) is 0 Å². The quantitative estimate of drug-likeness (QED) is 0.764. The van der Waals surface area contributed by atoms with E-state index in [2.05, 4.69) is 10.6 Å². The average Bonchev–Trinajstić information content (AvgIpc) is 2.78. The fourth-order valence-corrected chi connectivity index (χ4v) is 2.12. The highest BCUT2D eigenvalue weighted by molar-refractivity contribution is 5.92. The summed E-state index contributed by atoms with van der Waals surface area (Å²) in [6, 6.07) is 8.58. The Morgan fingerprint density at radius 2 is 2.05 bits per heavy atom. The van der Waals surface area contributed by atoms with E-state index in [-0.39, 0.29) is 12.5 Å². The molecule has 108 valence electrons. The summed E-state index contributed by atoms with van der Waals surface area (Å²) in [5, 5.41) is 14.9. The molecular formula is C14H19N3O3. The van der Waals surface area contributed by atoms with Crippen LogP contribution in [0, 0.1) is 0 Å². The zero-order chi connectivity index (χ0) is 14.6. The van der Waals surface area contributed by atoms with Crippen LogP contribution < -0.4 is 10.6 Å². The second kappa shape index (κ2) is 5.92. The van der Waals surface area contributed by atoms with Gasteiger partial charge in [0.2, 0.25) is 5.91 Å². The van der Waals surface area contributed by atoms with E-state index in [1.165, 1.54) is 0 Å². The molecule has 1 atom stereocenters. The molecule has 0 bridgehead atoms. The van der Waals surface area contributed by atoms with E-state index in [9.17, 15) is 14.7 Å². The van der Waals surface area contributed by atoms with E-state index in [0.717, 1.165) is 0 Å². The van der Waals surface area contributed by atoms with Crippen LogP contribution in [0.25, 0.3) is 0 Å². The predicted octanol–water partition coefficient (Wildman–Crippen LogP) is 0.791. The smallest absolute Gasteiger partial charge is 0.319 e. The largest absolute Gasteiger partial charge is 0.388 e. The third-order valence-corrected chi connectivity index (χ3v) is 3.24. The van der Waals surface area contributed by atoms with Gasteiger partial charge < -0.3 is 20.6 Å². The molecule has 0 aromatic heterocycles. The lowest BCUT2D eigenvalue weighted by molar-refractivity contribution is -0.129. The Morgan fingerprint density at radius 3 is 2.65 bits per heavy atom. The summed E-state index contributed by atoms with van der Waals surface area (Å²) >= 11 is 0. The summed E-state index contributed by atoms with van der Waals surface area (Å²) < 4.78 is 0. The Kier molecular flexibility index (Phi) is 4.24. The normalized spacial score (nSPS) is 21.6. The fourth-order valence-electron chi connectivity index (χ4n) is 2.12. The van der Waals surface area contributed by atoms with E-state index in [1.54, 1.807) is 24.0 Å². The highest BCUT2D eigenvalue weighted by atomic mass is 16.3. The molecule has 0 aliphatic carbocycles. The molecule has 0 radical (unpaired) electrons. The maximum Gasteiger partial charge on any atom is 0.319 e. The third-order valence-electron chi connectivity index (χ3n) is 3.24. The monoisotopic (exact) mass is 277 g/mol. The van der Waals surface area contributed by atoms with Crippen LogP contribution in [-0.4, -0.2) is 47.2 Å². The van der Waals surface area contributed by atoms with Crippen molar-refractivity contribution >= 4 is 17.6 Å². The molecular weight excluding hydrogens is 258 g/mol. The molecule has 1 aliphatic rings. The Hall–Kier alpha value is -2.08. The van der Waals surface area contributed by atoms with Crippen LogP contribution in [-0.2, 0) is 4.79 Å². The van der Waals surface area contributed by atoms with Gasteiger partial charge in [-0.1, -0.05) is 18.2 Å². The van der Waals surface area contributed by atoms with Crippen LogP contribution in [0.5, 0.6) is 0 Å². The number of carbonyl (C=O) groups is 2. The molecule has 0 saturated carbocycles. The van der Waals surface area contributed by atoms with E-state index in [0.29, 0.717) is 25.2 Å². The third kappa shape index (κ3) is 3.96. The first-order chi connectivity index (χ1) is 9.46. The van der Waals surface area contributed by atoms with Gasteiger partial charge in [-0.15, -0.1) is 0 Å². The number of likely N-dealkylation sites (tertiary alicyclic amines) is 1. The van der Waals surface area contributed by atoms with Crippen molar-refractivity contribution in [2.24, 2.45) is 0 Å². The van der Waals surface area contributed by atoms with Gasteiger partial charge in [0.25, 0.3) is 0 Å². The van der Waals surface area contributed by atoms with Crippen molar-refractivity contribution in [1.29, 1.82) is 0 Å². The van der Waals surface area contributed by atoms with Crippen LogP contribution in [0.2, 0.25) is 0 Å². The minimum Gasteiger partial charge on any atom is -0.388 e. The number of nitrogens with zero attached hydrogens (tertiary/aromatic N) is 1. The summed E-state index contributed by atoms with van der Waals surface area (Å²) in [5.41, 5.74) is -0.149. The Morgan fingerprint density at radius 1 is 1.35 bits per heavy atom. The summed E-state index contributed by atoms with van der Waals surface area (Å²) in [6.45, 7) is 2.46. The van der Waals surface area contributed by atoms with Gasteiger partial charge >= 0.3 is 6.03 Å². The molecule has 20 heavy (non-hydrogen) atoms. The fraction of sp³-hybridized carbons (Fsp3) is 0.429. The van der Waals surface area contributed by atoms with Gasteiger partial charge in [0.15, 0.2) is 0 Å². The molecule has 3 amide bonds. The first kappa shape index (κ1) is 14.3. The lowest BCUT2D eigenvalue weighted by Gasteiger charge is -2.19. The van der Waals surface area contributed by atoms with Gasteiger partial charge in [0, 0.05) is 18.8 Å². The number of amides is 3. The molecule has 6 heteroatoms. The van der Waals surface area contributed by atoms with E-state index < -0.39 is 11.6 Å². The number of nitrogens with one attached hydrogen (secondary N) is 2. The molecule has 1 saturated heterocycles. The van der Waals surface area contributed by atoms with E-state index >= 15 is 0 Å². The zero-order valence-corrected chi connectivity index (χ0v) is 11.4. The van der Waals surface area contributed by atoms with Crippen molar-refractivity contribution in [3.8, 4) is 0 Å². The molecule has 3 N–H and O–H groups in total. The van der Waals surface area contributed by atoms with Crippen molar-refractivity contribution in [3.63, 3.8) is 0 Å². The maximum absolute atomic E-state index is 11.9. The van der Waals surface area contributed by atoms with Crippen LogP contribution in [0.15, 0.2) is 30.3 Å². The number of rotatable bonds is 3. The number of anilines is 1. The number of hydrogen-bond donors (Lipinski definition) is 3. The van der Waals surface area contributed by atoms with Crippen molar-refractivity contribution in [2.75, 3.05) is 25.0 Å². The molecule has 1 unspecified atom stereocenters. The Labute approximate surface area is 117 Å². The van der Waals surface area contributed by atoms with Gasteiger partial charge in [-0.3, -0.25) is 4.79 Å². The highest BCUT2D eigenvalue weighted by Crippen LogP contribution is 2.19. The topological polar surface area (TPSA) is 81.7 Å². The second-order valence-corrected chi connectivity index (χ2v) is 5.24. The highest BCUT2D eigenvalue weighted by Gasteiger charge is 2.33. The van der Waals surface area contributed by atoms with Crippen molar-refractivity contribution in [1.82, 2.24) is 10.2 Å². The summed E-state index contributed by atoms with van der Waals surface area (Å²) in [5.74, 6) is -0.189. The second-order valence-electron chi connectivity index (χ2n) is 5.24. The number of para-hydroxylation sites is 1. The minimum atomic E-state index is -0.818.